The third kappa shape index (κ3) is 3.57. The zero-order chi connectivity index (χ0) is 12.3. The highest BCUT2D eigenvalue weighted by atomic mass is 79.9. The normalized spacial score (nSPS) is 12.4. The van der Waals surface area contributed by atoms with Gasteiger partial charge in [-0.1, -0.05) is 28.1 Å². The van der Waals surface area contributed by atoms with Gasteiger partial charge < -0.3 is 4.74 Å². The van der Waals surface area contributed by atoms with Crippen molar-refractivity contribution < 1.29 is 4.74 Å². The first-order chi connectivity index (χ1) is 8.19. The number of benzene rings is 1. The third-order valence-electron chi connectivity index (χ3n) is 2.50. The van der Waals surface area contributed by atoms with Gasteiger partial charge in [0.15, 0.2) is 0 Å². The molecule has 0 radical (unpaired) electrons. The fraction of sp³-hybridized carbons (Fsp3) is 0.231. The molecule has 1 unspecified atom stereocenters. The summed E-state index contributed by atoms with van der Waals surface area (Å²) in [6, 6.07) is 10.4. The van der Waals surface area contributed by atoms with Gasteiger partial charge >= 0.3 is 0 Å². The van der Waals surface area contributed by atoms with Crippen LogP contribution in [-0.4, -0.2) is 7.11 Å². The minimum Gasteiger partial charge on any atom is -0.497 e. The second-order valence-corrected chi connectivity index (χ2v) is 7.10. The Morgan fingerprint density at radius 1 is 1.35 bits per heavy atom. The van der Waals surface area contributed by atoms with Crippen molar-refractivity contribution in [1.82, 2.24) is 0 Å². The van der Waals surface area contributed by atoms with E-state index in [0.29, 0.717) is 4.83 Å². The fourth-order valence-corrected chi connectivity index (χ4v) is 3.65. The van der Waals surface area contributed by atoms with Crippen LogP contribution in [0, 0.1) is 0 Å². The Balaban J connectivity index is 2.09. The van der Waals surface area contributed by atoms with E-state index < -0.39 is 0 Å². The predicted octanol–water partition coefficient (Wildman–Crippen LogP) is 5.20. The van der Waals surface area contributed by atoms with Crippen LogP contribution in [0.4, 0.5) is 0 Å². The van der Waals surface area contributed by atoms with E-state index in [-0.39, 0.29) is 0 Å². The molecular weight excluding hydrogens is 364 g/mol. The van der Waals surface area contributed by atoms with Crippen LogP contribution in [0.3, 0.4) is 0 Å². The molecule has 0 saturated carbocycles. The molecule has 1 atom stereocenters. The lowest BCUT2D eigenvalue weighted by atomic mass is 10.1. The van der Waals surface area contributed by atoms with Gasteiger partial charge in [-0.15, -0.1) is 11.3 Å². The fourth-order valence-electron chi connectivity index (χ4n) is 1.61. The number of halogens is 2. The van der Waals surface area contributed by atoms with Crippen LogP contribution in [0.5, 0.6) is 5.75 Å². The molecule has 1 aromatic heterocycles. The minimum atomic E-state index is 0.345. The molecule has 2 aromatic rings. The summed E-state index contributed by atoms with van der Waals surface area (Å²) < 4.78 is 6.39. The molecule has 0 bridgehead atoms. The van der Waals surface area contributed by atoms with Gasteiger partial charge in [-0.2, -0.15) is 0 Å². The summed E-state index contributed by atoms with van der Waals surface area (Å²) in [6.45, 7) is 0. The number of rotatable bonds is 4. The molecule has 0 aliphatic heterocycles. The van der Waals surface area contributed by atoms with Crippen molar-refractivity contribution in [2.24, 2.45) is 0 Å². The second-order valence-electron chi connectivity index (χ2n) is 3.71. The van der Waals surface area contributed by atoms with Gasteiger partial charge in [-0.3, -0.25) is 0 Å². The molecule has 0 amide bonds. The van der Waals surface area contributed by atoms with Crippen LogP contribution in [0.25, 0.3) is 0 Å². The number of hydrogen-bond donors (Lipinski definition) is 0. The first-order valence-electron chi connectivity index (χ1n) is 5.20. The van der Waals surface area contributed by atoms with Gasteiger partial charge in [0.05, 0.1) is 10.9 Å². The number of thiophene rings is 1. The van der Waals surface area contributed by atoms with Gasteiger partial charge in [0, 0.05) is 4.83 Å². The third-order valence-corrected chi connectivity index (χ3v) is 4.87. The van der Waals surface area contributed by atoms with Crippen molar-refractivity contribution in [3.05, 3.63) is 50.6 Å². The Bertz CT molecular complexity index is 496. The minimum absolute atomic E-state index is 0.345. The molecule has 0 aliphatic carbocycles. The van der Waals surface area contributed by atoms with Gasteiger partial charge in [0.2, 0.25) is 0 Å². The van der Waals surface area contributed by atoms with E-state index in [0.717, 1.165) is 12.2 Å². The summed E-state index contributed by atoms with van der Waals surface area (Å²) in [6.07, 6.45) is 0.959. The maximum atomic E-state index is 5.23. The Morgan fingerprint density at radius 3 is 2.82 bits per heavy atom. The monoisotopic (exact) mass is 374 g/mol. The molecule has 0 spiro atoms. The van der Waals surface area contributed by atoms with E-state index in [4.69, 9.17) is 4.74 Å². The van der Waals surface area contributed by atoms with Crippen LogP contribution in [0.2, 0.25) is 0 Å². The number of hydrogen-bond acceptors (Lipinski definition) is 2. The molecule has 0 saturated heterocycles. The van der Waals surface area contributed by atoms with E-state index in [1.165, 1.54) is 14.9 Å². The first-order valence-corrected chi connectivity index (χ1v) is 7.79. The van der Waals surface area contributed by atoms with Crippen molar-refractivity contribution in [3.8, 4) is 5.75 Å². The van der Waals surface area contributed by atoms with Gasteiger partial charge in [-0.25, -0.2) is 0 Å². The molecule has 0 fully saturated rings. The molecule has 0 aliphatic rings. The average Bonchev–Trinajstić information content (AvgIpc) is 2.76. The standard InChI is InChI=1S/C13H12Br2OS/c1-16-11-4-2-3-9(5-11)6-12(14)10-7-13(15)17-8-10/h2-5,7-8,12H,6H2,1H3. The van der Waals surface area contributed by atoms with Crippen molar-refractivity contribution in [2.45, 2.75) is 11.2 Å². The lowest BCUT2D eigenvalue weighted by Crippen LogP contribution is -1.94. The highest BCUT2D eigenvalue weighted by molar-refractivity contribution is 9.11. The van der Waals surface area contributed by atoms with Gasteiger partial charge in [-0.05, 0) is 57.1 Å². The Kier molecular flexibility index (Phi) is 4.65. The molecule has 1 aromatic carbocycles. The maximum absolute atomic E-state index is 5.23. The highest BCUT2D eigenvalue weighted by Gasteiger charge is 2.10. The summed E-state index contributed by atoms with van der Waals surface area (Å²) in [4.78, 5) is 0.345. The molecular formula is C13H12Br2OS. The summed E-state index contributed by atoms with van der Waals surface area (Å²) in [5, 5.41) is 2.17. The van der Waals surface area contributed by atoms with E-state index in [1.807, 2.05) is 12.1 Å². The summed E-state index contributed by atoms with van der Waals surface area (Å²) in [5.74, 6) is 0.911. The predicted molar refractivity (Wildman–Crippen MR) is 80.4 cm³/mol. The van der Waals surface area contributed by atoms with Crippen molar-refractivity contribution in [1.29, 1.82) is 0 Å². The van der Waals surface area contributed by atoms with E-state index in [2.05, 4.69) is 55.4 Å². The van der Waals surface area contributed by atoms with Crippen LogP contribution >= 0.6 is 43.2 Å². The largest absolute Gasteiger partial charge is 0.497 e. The molecule has 17 heavy (non-hydrogen) atoms. The smallest absolute Gasteiger partial charge is 0.119 e. The van der Waals surface area contributed by atoms with Crippen LogP contribution in [0.15, 0.2) is 39.5 Å². The summed E-state index contributed by atoms with van der Waals surface area (Å²) >= 11 is 8.93. The number of methoxy groups -OCH3 is 1. The lowest BCUT2D eigenvalue weighted by Gasteiger charge is -2.09. The second kappa shape index (κ2) is 6.03. The van der Waals surface area contributed by atoms with E-state index >= 15 is 0 Å². The molecule has 1 nitrogen and oxygen atoms in total. The van der Waals surface area contributed by atoms with Crippen molar-refractivity contribution >= 4 is 43.2 Å². The maximum Gasteiger partial charge on any atom is 0.119 e. The summed E-state index contributed by atoms with van der Waals surface area (Å²) in [5.41, 5.74) is 2.58. The molecule has 4 heteroatoms. The molecule has 2 rings (SSSR count). The van der Waals surface area contributed by atoms with Crippen LogP contribution in [0.1, 0.15) is 16.0 Å². The number of alkyl halides is 1. The van der Waals surface area contributed by atoms with Gasteiger partial charge in [0.25, 0.3) is 0 Å². The number of ether oxygens (including phenoxy) is 1. The average molecular weight is 376 g/mol. The van der Waals surface area contributed by atoms with E-state index in [1.54, 1.807) is 18.4 Å². The van der Waals surface area contributed by atoms with Crippen LogP contribution in [-0.2, 0) is 6.42 Å². The molecule has 90 valence electrons. The van der Waals surface area contributed by atoms with Gasteiger partial charge in [0.1, 0.15) is 5.75 Å². The zero-order valence-corrected chi connectivity index (χ0v) is 13.3. The Labute approximate surface area is 122 Å². The Morgan fingerprint density at radius 2 is 2.18 bits per heavy atom. The molecule has 0 N–H and O–H groups in total. The van der Waals surface area contributed by atoms with Crippen molar-refractivity contribution in [3.63, 3.8) is 0 Å². The first kappa shape index (κ1) is 13.1. The van der Waals surface area contributed by atoms with Crippen LogP contribution < -0.4 is 4.74 Å². The molecule has 1 heterocycles. The Hall–Kier alpha value is -0.320. The quantitative estimate of drug-likeness (QED) is 0.667. The van der Waals surface area contributed by atoms with E-state index in [9.17, 15) is 0 Å². The van der Waals surface area contributed by atoms with Crippen molar-refractivity contribution in [2.75, 3.05) is 7.11 Å². The zero-order valence-electron chi connectivity index (χ0n) is 9.32. The SMILES string of the molecule is COc1cccc(CC(Br)c2csc(Br)c2)c1. The lowest BCUT2D eigenvalue weighted by molar-refractivity contribution is 0.414. The topological polar surface area (TPSA) is 9.23 Å². The summed E-state index contributed by atoms with van der Waals surface area (Å²) in [7, 11) is 1.70. The highest BCUT2D eigenvalue weighted by Crippen LogP contribution is 2.33.